The minimum absolute atomic E-state index is 0.123. The van der Waals surface area contributed by atoms with Crippen molar-refractivity contribution in [1.82, 2.24) is 0 Å². The zero-order chi connectivity index (χ0) is 20.5. The average molecular weight is 389 g/mol. The lowest BCUT2D eigenvalue weighted by atomic mass is 9.85. The summed E-state index contributed by atoms with van der Waals surface area (Å²) in [6.45, 7) is 0. The second-order valence-electron chi connectivity index (χ2n) is 7.00. The first-order valence-electron chi connectivity index (χ1n) is 9.22. The predicted octanol–water partition coefficient (Wildman–Crippen LogP) is 1.76. The molecule has 29 heavy (non-hydrogen) atoms. The summed E-state index contributed by atoms with van der Waals surface area (Å²) in [6.07, 6.45) is 4.97. The molecular weight excluding hydrogens is 372 g/mol. The van der Waals surface area contributed by atoms with Gasteiger partial charge in [-0.05, 0) is 43.2 Å². The van der Waals surface area contributed by atoms with Crippen molar-refractivity contribution in [3.05, 3.63) is 71.8 Å². The van der Waals surface area contributed by atoms with E-state index >= 15 is 0 Å². The summed E-state index contributed by atoms with van der Waals surface area (Å²) in [4.78, 5) is 50.1. The van der Waals surface area contributed by atoms with Gasteiger partial charge in [-0.25, -0.2) is 0 Å². The van der Waals surface area contributed by atoms with E-state index in [-0.39, 0.29) is 40.5 Å². The minimum atomic E-state index is -1.39. The van der Waals surface area contributed by atoms with E-state index in [0.29, 0.717) is 18.5 Å². The first kappa shape index (κ1) is 18.6. The Labute approximate surface area is 166 Å². The van der Waals surface area contributed by atoms with Crippen molar-refractivity contribution in [3.63, 3.8) is 0 Å². The first-order valence-corrected chi connectivity index (χ1v) is 9.22. The fraction of sp³-hybridized carbons (Fsp3) is 0.182. The molecule has 2 aromatic carbocycles. The number of aromatic carboxylic acids is 1. The number of rotatable bonds is 4. The Morgan fingerprint density at radius 2 is 1.48 bits per heavy atom. The van der Waals surface area contributed by atoms with Crippen molar-refractivity contribution < 1.29 is 24.3 Å². The van der Waals surface area contributed by atoms with Crippen molar-refractivity contribution in [2.24, 2.45) is 11.8 Å². The number of carboxylic acids is 1. The van der Waals surface area contributed by atoms with Crippen LogP contribution in [0, 0.1) is 11.8 Å². The molecule has 0 spiro atoms. The number of benzene rings is 2. The van der Waals surface area contributed by atoms with Crippen LogP contribution >= 0.6 is 0 Å². The van der Waals surface area contributed by atoms with E-state index in [9.17, 15) is 24.3 Å². The molecule has 2 unspecified atom stereocenters. The molecule has 1 aliphatic heterocycles. The zero-order valence-corrected chi connectivity index (χ0v) is 15.3. The molecule has 1 aliphatic carbocycles. The maximum atomic E-state index is 12.6. The molecule has 3 amide bonds. The van der Waals surface area contributed by atoms with Crippen molar-refractivity contribution >= 4 is 35.1 Å². The van der Waals surface area contributed by atoms with Crippen molar-refractivity contribution in [1.29, 1.82) is 0 Å². The Kier molecular flexibility index (Phi) is 4.72. The second-order valence-corrected chi connectivity index (χ2v) is 7.00. The van der Waals surface area contributed by atoms with Gasteiger partial charge in [0.2, 0.25) is 11.8 Å². The quantitative estimate of drug-likeness (QED) is 0.633. The molecule has 4 rings (SSSR count). The van der Waals surface area contributed by atoms with Crippen LogP contribution in [0.1, 0.15) is 33.6 Å². The van der Waals surface area contributed by atoms with Crippen molar-refractivity contribution in [2.45, 2.75) is 12.8 Å². The van der Waals surface area contributed by atoms with Crippen LogP contribution in [0.25, 0.3) is 0 Å². The van der Waals surface area contributed by atoms with E-state index < -0.39 is 11.9 Å². The maximum absolute atomic E-state index is 12.6. The van der Waals surface area contributed by atoms with E-state index in [4.69, 9.17) is 0 Å². The van der Waals surface area contributed by atoms with Gasteiger partial charge in [0.25, 0.3) is 5.91 Å². The third-order valence-electron chi connectivity index (χ3n) is 5.29. The van der Waals surface area contributed by atoms with Crippen LogP contribution in [0.4, 0.5) is 11.4 Å². The normalized spacial score (nSPS) is 20.5. The fourth-order valence-corrected chi connectivity index (χ4v) is 3.78. The third kappa shape index (κ3) is 3.31. The number of hydrogen-bond acceptors (Lipinski definition) is 5. The zero-order valence-electron chi connectivity index (χ0n) is 15.3. The summed E-state index contributed by atoms with van der Waals surface area (Å²) in [5.41, 5.74) is 0.686. The van der Waals surface area contributed by atoms with Gasteiger partial charge >= 0.3 is 0 Å². The number of imide groups is 1. The Morgan fingerprint density at radius 3 is 2.07 bits per heavy atom. The van der Waals surface area contributed by atoms with Crippen LogP contribution in [0.5, 0.6) is 0 Å². The Bertz CT molecular complexity index is 1020. The molecule has 0 bridgehead atoms. The van der Waals surface area contributed by atoms with Gasteiger partial charge in [0, 0.05) is 11.1 Å². The Hall–Kier alpha value is -3.74. The number of amides is 3. The summed E-state index contributed by atoms with van der Waals surface area (Å²) in [7, 11) is 0. The molecule has 7 heteroatoms. The molecule has 1 N–H and O–H groups in total. The minimum Gasteiger partial charge on any atom is -0.545 e. The van der Waals surface area contributed by atoms with E-state index in [1.807, 2.05) is 12.2 Å². The molecule has 7 nitrogen and oxygen atoms in total. The van der Waals surface area contributed by atoms with Gasteiger partial charge in [-0.2, -0.15) is 0 Å². The highest BCUT2D eigenvalue weighted by molar-refractivity contribution is 6.22. The number of carbonyl (C=O) groups is 4. The first-order chi connectivity index (χ1) is 14.0. The van der Waals surface area contributed by atoms with Crippen molar-refractivity contribution in [3.8, 4) is 0 Å². The van der Waals surface area contributed by atoms with Gasteiger partial charge in [-0.3, -0.25) is 19.3 Å². The smallest absolute Gasteiger partial charge is 0.255 e. The number of fused-ring (bicyclic) bond motifs is 1. The second kappa shape index (κ2) is 7.35. The summed E-state index contributed by atoms with van der Waals surface area (Å²) in [5.74, 6) is -2.98. The molecule has 1 fully saturated rings. The summed E-state index contributed by atoms with van der Waals surface area (Å²) in [6, 6.07) is 12.0. The summed E-state index contributed by atoms with van der Waals surface area (Å²) in [5, 5.41) is 13.7. The van der Waals surface area contributed by atoms with Crippen LogP contribution in [-0.2, 0) is 9.59 Å². The monoisotopic (exact) mass is 389 g/mol. The number of carbonyl (C=O) groups excluding carboxylic acids is 4. The molecule has 1 saturated heterocycles. The van der Waals surface area contributed by atoms with E-state index in [1.165, 1.54) is 35.2 Å². The number of allylic oxidation sites excluding steroid dienone is 2. The molecule has 2 aliphatic rings. The summed E-state index contributed by atoms with van der Waals surface area (Å²) < 4.78 is 0. The highest BCUT2D eigenvalue weighted by Gasteiger charge is 2.47. The van der Waals surface area contributed by atoms with E-state index in [1.54, 1.807) is 18.2 Å². The lowest BCUT2D eigenvalue weighted by Crippen LogP contribution is -2.30. The Balaban J connectivity index is 1.53. The lowest BCUT2D eigenvalue weighted by molar-refractivity contribution is -0.254. The highest BCUT2D eigenvalue weighted by Crippen LogP contribution is 2.37. The van der Waals surface area contributed by atoms with Crippen LogP contribution < -0.4 is 15.3 Å². The number of nitrogens with one attached hydrogen (secondary N) is 1. The number of nitrogens with zero attached hydrogens (tertiary/aromatic N) is 1. The number of carboxylic acid groups (broad SMARTS) is 1. The highest BCUT2D eigenvalue weighted by atomic mass is 16.4. The molecule has 0 radical (unpaired) electrons. The van der Waals surface area contributed by atoms with Gasteiger partial charge in [-0.15, -0.1) is 0 Å². The van der Waals surface area contributed by atoms with Gasteiger partial charge in [0.05, 0.1) is 29.2 Å². The Morgan fingerprint density at radius 1 is 0.897 bits per heavy atom. The molecule has 0 saturated carbocycles. The van der Waals surface area contributed by atoms with E-state index in [0.717, 1.165) is 0 Å². The molecule has 0 aromatic heterocycles. The topological polar surface area (TPSA) is 107 Å². The van der Waals surface area contributed by atoms with Crippen LogP contribution in [-0.4, -0.2) is 23.7 Å². The molecule has 2 atom stereocenters. The van der Waals surface area contributed by atoms with E-state index in [2.05, 4.69) is 5.32 Å². The molecule has 146 valence electrons. The SMILES string of the molecule is O=C(Nc1ccccc1C(=O)[O-])c1ccc(N2C(=O)C3CC=CCC3C2=O)cc1. The average Bonchev–Trinajstić information content (AvgIpc) is 2.99. The predicted molar refractivity (Wildman–Crippen MR) is 103 cm³/mol. The van der Waals surface area contributed by atoms with Crippen LogP contribution in [0.3, 0.4) is 0 Å². The third-order valence-corrected chi connectivity index (χ3v) is 5.29. The number of anilines is 2. The molecular formula is C22H17N2O5-. The lowest BCUT2D eigenvalue weighted by Gasteiger charge is -2.15. The number of hydrogen-bond donors (Lipinski definition) is 1. The van der Waals surface area contributed by atoms with Gasteiger partial charge in [0.1, 0.15) is 0 Å². The summed E-state index contributed by atoms with van der Waals surface area (Å²) >= 11 is 0. The fourth-order valence-electron chi connectivity index (χ4n) is 3.78. The van der Waals surface area contributed by atoms with Gasteiger partial charge < -0.3 is 15.2 Å². The molecule has 1 heterocycles. The molecule has 2 aromatic rings. The largest absolute Gasteiger partial charge is 0.545 e. The van der Waals surface area contributed by atoms with Gasteiger partial charge in [0.15, 0.2) is 0 Å². The van der Waals surface area contributed by atoms with Crippen molar-refractivity contribution in [2.75, 3.05) is 10.2 Å². The van der Waals surface area contributed by atoms with Crippen LogP contribution in [0.15, 0.2) is 60.7 Å². The van der Waals surface area contributed by atoms with Gasteiger partial charge in [-0.1, -0.05) is 30.4 Å². The number of para-hydroxylation sites is 1. The maximum Gasteiger partial charge on any atom is 0.255 e. The van der Waals surface area contributed by atoms with Crippen LogP contribution in [0.2, 0.25) is 0 Å². The standard InChI is InChI=1S/C22H18N2O5/c25-19(23-18-8-4-3-7-17(18)22(28)29)13-9-11-14(12-10-13)24-20(26)15-5-1-2-6-16(15)21(24)27/h1-4,7-12,15-16H,5-6H2,(H,23,25)(H,28,29)/p-1.